The first-order chi connectivity index (χ1) is 8.99. The van der Waals surface area contributed by atoms with Gasteiger partial charge in [0.05, 0.1) is 17.7 Å². The smallest absolute Gasteiger partial charge is 0.548 e. The summed E-state index contributed by atoms with van der Waals surface area (Å²) in [5, 5.41) is 19.0. The zero-order valence-corrected chi connectivity index (χ0v) is 14.6. The Labute approximate surface area is 147 Å². The van der Waals surface area contributed by atoms with Gasteiger partial charge in [0, 0.05) is 5.69 Å². The standard InChI is InChI=1S/C11H12N4O2S2.Na/c1-6(9(16)17)12-7-3-2-4-8(5-7)15-10(18)13-14-11(15)19;/h2-6,12H,1H3,(H,13,18)(H,14,19)(H,16,17);/q;+1/p-1. The van der Waals surface area contributed by atoms with Gasteiger partial charge in [0.2, 0.25) is 0 Å². The van der Waals surface area contributed by atoms with Gasteiger partial charge < -0.3 is 15.2 Å². The molecule has 9 heteroatoms. The molecule has 0 bridgehead atoms. The summed E-state index contributed by atoms with van der Waals surface area (Å²) < 4.78 is 2.52. The van der Waals surface area contributed by atoms with Gasteiger partial charge >= 0.3 is 29.6 Å². The molecule has 0 radical (unpaired) electrons. The van der Waals surface area contributed by atoms with Crippen LogP contribution in [0.3, 0.4) is 0 Å². The minimum Gasteiger partial charge on any atom is -0.548 e. The molecule has 0 spiro atoms. The number of carboxylic acid groups (broad SMARTS) is 1. The Balaban J connectivity index is 0.00000200. The SMILES string of the molecule is CC(Nc1cccc(-n2c(=S)[nH][nH]c2=S)c1)C(=O)[O-].[Na+]. The maximum absolute atomic E-state index is 10.7. The number of carbonyl (C=O) groups excluding carboxylic acids is 1. The topological polar surface area (TPSA) is 88.7 Å². The van der Waals surface area contributed by atoms with Crippen molar-refractivity contribution in [3.8, 4) is 5.69 Å². The molecular formula is C11H11N4NaO2S2. The molecule has 0 saturated heterocycles. The average molecular weight is 318 g/mol. The Morgan fingerprint density at radius 2 is 1.95 bits per heavy atom. The summed E-state index contributed by atoms with van der Waals surface area (Å²) in [7, 11) is 0. The Hall–Kier alpha value is -0.930. The number of nitrogens with zero attached hydrogens (tertiary/aromatic N) is 1. The third kappa shape index (κ3) is 3.80. The van der Waals surface area contributed by atoms with Crippen LogP contribution < -0.4 is 40.0 Å². The third-order valence-electron chi connectivity index (χ3n) is 2.52. The van der Waals surface area contributed by atoms with E-state index in [2.05, 4.69) is 15.5 Å². The number of carboxylic acids is 1. The van der Waals surface area contributed by atoms with Gasteiger partial charge in [-0.3, -0.25) is 14.8 Å². The van der Waals surface area contributed by atoms with Crippen molar-refractivity contribution in [3.05, 3.63) is 33.8 Å². The third-order valence-corrected chi connectivity index (χ3v) is 3.09. The van der Waals surface area contributed by atoms with Crippen LogP contribution in [0.15, 0.2) is 24.3 Å². The van der Waals surface area contributed by atoms with Crippen molar-refractivity contribution in [2.24, 2.45) is 0 Å². The van der Waals surface area contributed by atoms with Crippen LogP contribution in [0.1, 0.15) is 6.92 Å². The fourth-order valence-electron chi connectivity index (χ4n) is 1.59. The van der Waals surface area contributed by atoms with E-state index < -0.39 is 12.0 Å². The summed E-state index contributed by atoms with van der Waals surface area (Å²) in [5.74, 6) is -1.17. The molecule has 0 amide bonds. The molecule has 100 valence electrons. The van der Waals surface area contributed by atoms with Gasteiger partial charge in [-0.05, 0) is 49.6 Å². The molecule has 0 aliphatic carbocycles. The molecule has 0 aliphatic rings. The fraction of sp³-hybridized carbons (Fsp3) is 0.182. The van der Waals surface area contributed by atoms with Crippen LogP contribution in [0, 0.1) is 9.54 Å². The number of H-pyrrole nitrogens is 2. The van der Waals surface area contributed by atoms with Gasteiger partial charge in [-0.1, -0.05) is 6.07 Å². The molecule has 1 atom stereocenters. The second kappa shape index (κ2) is 7.19. The van der Waals surface area contributed by atoms with E-state index in [-0.39, 0.29) is 29.6 Å². The first kappa shape index (κ1) is 17.1. The van der Waals surface area contributed by atoms with Crippen LogP contribution in [0.25, 0.3) is 5.69 Å². The molecule has 20 heavy (non-hydrogen) atoms. The maximum Gasteiger partial charge on any atom is 1.00 e. The molecule has 1 heterocycles. The second-order valence-electron chi connectivity index (χ2n) is 3.93. The zero-order valence-electron chi connectivity index (χ0n) is 11.0. The van der Waals surface area contributed by atoms with Gasteiger partial charge in [0.15, 0.2) is 9.54 Å². The number of benzene rings is 1. The first-order valence-corrected chi connectivity index (χ1v) is 6.28. The van der Waals surface area contributed by atoms with Crippen molar-refractivity contribution in [2.75, 3.05) is 5.32 Å². The first-order valence-electron chi connectivity index (χ1n) is 5.46. The number of anilines is 1. The molecule has 0 aliphatic heterocycles. The number of carbonyl (C=O) groups is 1. The predicted molar refractivity (Wildman–Crippen MR) is 74.2 cm³/mol. The Kier molecular flexibility index (Phi) is 6.15. The summed E-state index contributed by atoms with van der Waals surface area (Å²) in [6, 6.07) is 6.33. The Bertz CT molecular complexity index is 694. The number of hydrogen-bond donors (Lipinski definition) is 3. The molecule has 0 saturated carbocycles. The van der Waals surface area contributed by atoms with E-state index in [1.807, 2.05) is 6.07 Å². The van der Waals surface area contributed by atoms with E-state index in [1.165, 1.54) is 6.92 Å². The van der Waals surface area contributed by atoms with Crippen molar-refractivity contribution in [2.45, 2.75) is 13.0 Å². The summed E-state index contributed by atoms with van der Waals surface area (Å²) in [6.45, 7) is 1.51. The van der Waals surface area contributed by atoms with E-state index >= 15 is 0 Å². The number of aromatic amines is 2. The maximum atomic E-state index is 10.7. The van der Waals surface area contributed by atoms with Crippen molar-refractivity contribution in [1.82, 2.24) is 14.8 Å². The number of rotatable bonds is 4. The van der Waals surface area contributed by atoms with Crippen LogP contribution >= 0.6 is 24.4 Å². The van der Waals surface area contributed by atoms with E-state index in [0.29, 0.717) is 15.2 Å². The van der Waals surface area contributed by atoms with Gasteiger partial charge in [0.25, 0.3) is 0 Å². The average Bonchev–Trinajstić information content (AvgIpc) is 2.69. The van der Waals surface area contributed by atoms with Crippen LogP contribution in [0.2, 0.25) is 0 Å². The molecule has 1 aromatic heterocycles. The van der Waals surface area contributed by atoms with E-state index in [9.17, 15) is 9.90 Å². The normalized spacial score (nSPS) is 11.4. The van der Waals surface area contributed by atoms with Crippen LogP contribution in [0.5, 0.6) is 0 Å². The number of hydrogen-bond acceptors (Lipinski definition) is 5. The zero-order chi connectivity index (χ0) is 14.0. The largest absolute Gasteiger partial charge is 1.00 e. The van der Waals surface area contributed by atoms with E-state index in [0.717, 1.165) is 5.69 Å². The molecule has 6 nitrogen and oxygen atoms in total. The number of nitrogens with one attached hydrogen (secondary N) is 3. The summed E-state index contributed by atoms with van der Waals surface area (Å²) in [5.41, 5.74) is 1.38. The van der Waals surface area contributed by atoms with Gasteiger partial charge in [-0.2, -0.15) is 0 Å². The van der Waals surface area contributed by atoms with E-state index in [1.54, 1.807) is 22.8 Å². The minimum absolute atomic E-state index is 0. The summed E-state index contributed by atoms with van der Waals surface area (Å²) >= 11 is 10.2. The Morgan fingerprint density at radius 1 is 1.35 bits per heavy atom. The minimum atomic E-state index is -1.17. The second-order valence-corrected chi connectivity index (χ2v) is 4.70. The molecular weight excluding hydrogens is 307 g/mol. The van der Waals surface area contributed by atoms with Gasteiger partial charge in [-0.25, -0.2) is 0 Å². The van der Waals surface area contributed by atoms with Gasteiger partial charge in [0.1, 0.15) is 0 Å². The number of aliphatic carboxylic acids is 1. The van der Waals surface area contributed by atoms with E-state index in [4.69, 9.17) is 24.4 Å². The number of aromatic nitrogens is 3. The monoisotopic (exact) mass is 318 g/mol. The molecule has 1 unspecified atom stereocenters. The van der Waals surface area contributed by atoms with Gasteiger partial charge in [-0.15, -0.1) is 0 Å². The van der Waals surface area contributed by atoms with Crippen molar-refractivity contribution < 1.29 is 39.5 Å². The summed E-state index contributed by atoms with van der Waals surface area (Å²) in [4.78, 5) is 10.7. The molecule has 3 N–H and O–H groups in total. The van der Waals surface area contributed by atoms with Crippen LogP contribution in [-0.4, -0.2) is 26.8 Å². The van der Waals surface area contributed by atoms with Crippen molar-refractivity contribution in [1.29, 1.82) is 0 Å². The molecule has 0 fully saturated rings. The van der Waals surface area contributed by atoms with Crippen LogP contribution in [-0.2, 0) is 4.79 Å². The summed E-state index contributed by atoms with van der Waals surface area (Å²) in [6.07, 6.45) is 0. The predicted octanol–water partition coefficient (Wildman–Crippen LogP) is -1.85. The Morgan fingerprint density at radius 3 is 2.50 bits per heavy atom. The molecule has 2 aromatic rings. The van der Waals surface area contributed by atoms with Crippen molar-refractivity contribution in [3.63, 3.8) is 0 Å². The molecule has 2 rings (SSSR count). The fourth-order valence-corrected chi connectivity index (χ4v) is 2.14. The quantitative estimate of drug-likeness (QED) is 0.455. The van der Waals surface area contributed by atoms with Crippen molar-refractivity contribution >= 4 is 36.1 Å². The van der Waals surface area contributed by atoms with Crippen LogP contribution in [0.4, 0.5) is 5.69 Å². The molecule has 1 aromatic carbocycles.